The highest BCUT2D eigenvalue weighted by molar-refractivity contribution is 5.15. The first-order valence-electron chi connectivity index (χ1n) is 12.1. The Morgan fingerprint density at radius 2 is 1.17 bits per heavy atom. The van der Waals surface area contributed by atoms with Gasteiger partial charge < -0.3 is 24.1 Å². The molecule has 0 radical (unpaired) electrons. The number of hydrogen-bond donors (Lipinski definition) is 1. The highest BCUT2D eigenvalue weighted by Gasteiger charge is 2.46. The van der Waals surface area contributed by atoms with Gasteiger partial charge in [-0.25, -0.2) is 0 Å². The normalized spacial score (nSPS) is 24.2. The van der Waals surface area contributed by atoms with Gasteiger partial charge >= 0.3 is 0 Å². The largest absolute Gasteiger partial charge is 0.387 e. The summed E-state index contributed by atoms with van der Waals surface area (Å²) in [6.07, 6.45) is -0.410. The Labute approximate surface area is 207 Å². The molecule has 5 nitrogen and oxygen atoms in total. The summed E-state index contributed by atoms with van der Waals surface area (Å²) in [7, 11) is 0. The van der Waals surface area contributed by atoms with Crippen LogP contribution < -0.4 is 0 Å². The Bertz CT molecular complexity index is 995. The van der Waals surface area contributed by atoms with Gasteiger partial charge in [0.2, 0.25) is 0 Å². The number of benzene rings is 3. The number of aliphatic hydroxyl groups excluding tert-OH is 1. The monoisotopic (exact) mass is 474 g/mol. The first-order valence-corrected chi connectivity index (χ1v) is 12.1. The van der Waals surface area contributed by atoms with Crippen LogP contribution in [0.25, 0.3) is 0 Å². The topological polar surface area (TPSA) is 57.2 Å². The molecule has 5 heteroatoms. The number of aliphatic hydroxyl groups is 1. The third-order valence-corrected chi connectivity index (χ3v) is 6.12. The third kappa shape index (κ3) is 7.34. The van der Waals surface area contributed by atoms with Crippen molar-refractivity contribution >= 4 is 0 Å². The maximum atomic E-state index is 11.3. The molecule has 0 aliphatic carbocycles. The SMILES string of the molecule is C=CC[C@H]1O[C@H](COCc2ccccc2)[C@@H](O)[C@H](OCc2ccccc2)[C@H]1OCc1ccccc1. The van der Waals surface area contributed by atoms with Crippen LogP contribution in [0.15, 0.2) is 104 Å². The molecule has 0 saturated carbocycles. The Hall–Kier alpha value is -2.80. The van der Waals surface area contributed by atoms with Crippen molar-refractivity contribution in [2.45, 2.75) is 56.8 Å². The number of ether oxygens (including phenoxy) is 4. The predicted octanol–water partition coefficient (Wildman–Crippen LogP) is 5.08. The lowest BCUT2D eigenvalue weighted by Crippen LogP contribution is -2.60. The van der Waals surface area contributed by atoms with Crippen LogP contribution in [-0.2, 0) is 38.8 Å². The van der Waals surface area contributed by atoms with Gasteiger partial charge in [0.15, 0.2) is 0 Å². The second kappa shape index (κ2) is 13.3. The maximum absolute atomic E-state index is 11.3. The molecule has 184 valence electrons. The van der Waals surface area contributed by atoms with E-state index in [1.165, 1.54) is 0 Å². The molecule has 3 aromatic carbocycles. The van der Waals surface area contributed by atoms with E-state index in [1.807, 2.05) is 97.1 Å². The van der Waals surface area contributed by atoms with Crippen LogP contribution in [-0.4, -0.2) is 42.2 Å². The van der Waals surface area contributed by atoms with Crippen LogP contribution in [0.3, 0.4) is 0 Å². The highest BCUT2D eigenvalue weighted by atomic mass is 16.6. The lowest BCUT2D eigenvalue weighted by atomic mass is 9.93. The number of hydrogen-bond acceptors (Lipinski definition) is 5. The Balaban J connectivity index is 1.47. The molecule has 1 heterocycles. The summed E-state index contributed by atoms with van der Waals surface area (Å²) in [6.45, 7) is 5.37. The summed E-state index contributed by atoms with van der Waals surface area (Å²) < 4.78 is 24.9. The Kier molecular flexibility index (Phi) is 9.64. The van der Waals surface area contributed by atoms with Crippen molar-refractivity contribution < 1.29 is 24.1 Å². The fraction of sp³-hybridized carbons (Fsp3) is 0.333. The van der Waals surface area contributed by atoms with Crippen molar-refractivity contribution in [2.75, 3.05) is 6.61 Å². The lowest BCUT2D eigenvalue weighted by Gasteiger charge is -2.44. The standard InChI is InChI=1S/C30H34O5/c1-2-12-26-29(33-20-24-15-8-4-9-16-24)30(34-21-25-17-10-5-11-18-25)28(31)27(35-26)22-32-19-23-13-6-3-7-14-23/h2-11,13-18,26-31H,1,12,19-22H2/t26-,27-,28-,29+,30+/m1/s1. The van der Waals surface area contributed by atoms with Crippen LogP contribution in [0, 0.1) is 0 Å². The number of rotatable bonds is 12. The smallest absolute Gasteiger partial charge is 0.115 e. The van der Waals surface area contributed by atoms with Crippen molar-refractivity contribution in [1.29, 1.82) is 0 Å². The van der Waals surface area contributed by atoms with Gasteiger partial charge in [0, 0.05) is 0 Å². The minimum atomic E-state index is -0.906. The Morgan fingerprint density at radius 3 is 1.69 bits per heavy atom. The fourth-order valence-electron chi connectivity index (χ4n) is 4.29. The van der Waals surface area contributed by atoms with E-state index in [-0.39, 0.29) is 12.7 Å². The van der Waals surface area contributed by atoms with Gasteiger partial charge in [0.05, 0.1) is 32.5 Å². The second-order valence-electron chi connectivity index (χ2n) is 8.75. The molecule has 35 heavy (non-hydrogen) atoms. The van der Waals surface area contributed by atoms with Gasteiger partial charge in [-0.05, 0) is 23.1 Å². The Morgan fingerprint density at radius 1 is 0.686 bits per heavy atom. The molecule has 1 fully saturated rings. The molecular formula is C30H34O5. The average molecular weight is 475 g/mol. The van der Waals surface area contributed by atoms with E-state index in [0.717, 1.165) is 16.7 Å². The van der Waals surface area contributed by atoms with Gasteiger partial charge in [-0.2, -0.15) is 0 Å². The molecule has 0 spiro atoms. The van der Waals surface area contributed by atoms with Crippen molar-refractivity contribution in [3.63, 3.8) is 0 Å². The van der Waals surface area contributed by atoms with Gasteiger partial charge in [0.1, 0.15) is 24.4 Å². The minimum Gasteiger partial charge on any atom is -0.387 e. The van der Waals surface area contributed by atoms with Crippen molar-refractivity contribution in [1.82, 2.24) is 0 Å². The van der Waals surface area contributed by atoms with E-state index in [1.54, 1.807) is 0 Å². The first-order chi connectivity index (χ1) is 17.2. The molecule has 1 N–H and O–H groups in total. The molecule has 1 aliphatic rings. The van der Waals surface area contributed by atoms with Crippen molar-refractivity contribution in [2.24, 2.45) is 0 Å². The van der Waals surface area contributed by atoms with Gasteiger partial charge in [-0.3, -0.25) is 0 Å². The molecule has 3 aromatic rings. The van der Waals surface area contributed by atoms with Gasteiger partial charge in [0.25, 0.3) is 0 Å². The molecular weight excluding hydrogens is 440 g/mol. The molecule has 0 unspecified atom stereocenters. The summed E-state index contributed by atoms with van der Waals surface area (Å²) in [5, 5.41) is 11.3. The highest BCUT2D eigenvalue weighted by Crippen LogP contribution is 2.30. The maximum Gasteiger partial charge on any atom is 0.115 e. The van der Waals surface area contributed by atoms with Crippen LogP contribution in [0.1, 0.15) is 23.1 Å². The van der Waals surface area contributed by atoms with Crippen LogP contribution >= 0.6 is 0 Å². The van der Waals surface area contributed by atoms with E-state index < -0.39 is 24.4 Å². The van der Waals surface area contributed by atoms with E-state index in [2.05, 4.69) is 6.58 Å². The average Bonchev–Trinajstić information content (AvgIpc) is 2.90. The summed E-state index contributed by atoms with van der Waals surface area (Å²) in [4.78, 5) is 0. The minimum absolute atomic E-state index is 0.250. The van der Waals surface area contributed by atoms with Crippen LogP contribution in [0.5, 0.6) is 0 Å². The summed E-state index contributed by atoms with van der Waals surface area (Å²) in [6, 6.07) is 29.9. The molecule has 0 amide bonds. The van der Waals surface area contributed by atoms with Crippen LogP contribution in [0.4, 0.5) is 0 Å². The quantitative estimate of drug-likeness (QED) is 0.371. The first kappa shape index (κ1) is 25.3. The third-order valence-electron chi connectivity index (χ3n) is 6.12. The summed E-state index contributed by atoms with van der Waals surface area (Å²) in [5.74, 6) is 0. The molecule has 0 bridgehead atoms. The fourth-order valence-corrected chi connectivity index (χ4v) is 4.29. The van der Waals surface area contributed by atoms with Gasteiger partial charge in [-0.1, -0.05) is 97.1 Å². The molecule has 5 atom stereocenters. The molecule has 4 rings (SSSR count). The zero-order chi connectivity index (χ0) is 24.3. The van der Waals surface area contributed by atoms with E-state index >= 15 is 0 Å². The zero-order valence-electron chi connectivity index (χ0n) is 19.9. The molecule has 1 aliphatic heterocycles. The second-order valence-corrected chi connectivity index (χ2v) is 8.75. The lowest BCUT2D eigenvalue weighted by molar-refractivity contribution is -0.259. The molecule has 0 aromatic heterocycles. The van der Waals surface area contributed by atoms with Crippen molar-refractivity contribution in [3.05, 3.63) is 120 Å². The van der Waals surface area contributed by atoms with Crippen LogP contribution in [0.2, 0.25) is 0 Å². The van der Waals surface area contributed by atoms with E-state index in [4.69, 9.17) is 18.9 Å². The van der Waals surface area contributed by atoms with Crippen molar-refractivity contribution in [3.8, 4) is 0 Å². The summed E-state index contributed by atoms with van der Waals surface area (Å²) >= 11 is 0. The predicted molar refractivity (Wildman–Crippen MR) is 136 cm³/mol. The zero-order valence-corrected chi connectivity index (χ0v) is 19.9. The van der Waals surface area contributed by atoms with E-state index in [0.29, 0.717) is 26.2 Å². The molecule has 1 saturated heterocycles. The summed E-state index contributed by atoms with van der Waals surface area (Å²) in [5.41, 5.74) is 3.15. The van der Waals surface area contributed by atoms with E-state index in [9.17, 15) is 5.11 Å². The van der Waals surface area contributed by atoms with Gasteiger partial charge in [-0.15, -0.1) is 6.58 Å².